The van der Waals surface area contributed by atoms with Crippen LogP contribution in [0.5, 0.6) is 0 Å². The van der Waals surface area contributed by atoms with E-state index in [-0.39, 0.29) is 35.5 Å². The van der Waals surface area contributed by atoms with E-state index in [1.807, 2.05) is 6.08 Å². The van der Waals surface area contributed by atoms with Crippen molar-refractivity contribution in [1.82, 2.24) is 5.32 Å². The molecule has 1 N–H and O–H groups in total. The van der Waals surface area contributed by atoms with Crippen molar-refractivity contribution >= 4 is 11.7 Å². The number of ketones is 1. The van der Waals surface area contributed by atoms with Gasteiger partial charge in [0.15, 0.2) is 5.78 Å². The lowest BCUT2D eigenvalue weighted by molar-refractivity contribution is -0.142. The minimum Gasteiger partial charge on any atom is -0.352 e. The van der Waals surface area contributed by atoms with Crippen LogP contribution in [0.3, 0.4) is 0 Å². The molecule has 1 heterocycles. The van der Waals surface area contributed by atoms with Crippen LogP contribution < -0.4 is 5.32 Å². The number of hydrogen-bond acceptors (Lipinski definition) is 2. The Morgan fingerprint density at radius 1 is 1.19 bits per heavy atom. The summed E-state index contributed by atoms with van der Waals surface area (Å²) in [5.74, 6) is 0.517. The smallest absolute Gasteiger partial charge is 0.235 e. The predicted octanol–water partition coefficient (Wildman–Crippen LogP) is 4.99. The van der Waals surface area contributed by atoms with Crippen molar-refractivity contribution in [3.05, 3.63) is 35.5 Å². The Morgan fingerprint density at radius 2 is 1.93 bits per heavy atom. The van der Waals surface area contributed by atoms with Crippen LogP contribution in [0.2, 0.25) is 0 Å². The Labute approximate surface area is 164 Å². The zero-order chi connectivity index (χ0) is 19.8. The topological polar surface area (TPSA) is 46.2 Å². The molecule has 0 aromatic rings. The maximum Gasteiger partial charge on any atom is 0.235 e. The summed E-state index contributed by atoms with van der Waals surface area (Å²) in [6, 6.07) is 0.0647. The number of carbonyl (C=O) groups is 2. The largest absolute Gasteiger partial charge is 0.352 e. The molecule has 0 radical (unpaired) electrons. The van der Waals surface area contributed by atoms with E-state index in [1.54, 1.807) is 6.08 Å². The van der Waals surface area contributed by atoms with Crippen molar-refractivity contribution in [1.29, 1.82) is 0 Å². The molecule has 0 saturated carbocycles. The Bertz CT molecular complexity index is 699. The maximum atomic E-state index is 13.6. The number of nitrogens with one attached hydrogen (secondary N) is 1. The lowest BCUT2D eigenvalue weighted by Gasteiger charge is -2.44. The Morgan fingerprint density at radius 3 is 2.63 bits per heavy atom. The van der Waals surface area contributed by atoms with E-state index in [2.05, 4.69) is 52.1 Å². The minimum atomic E-state index is -0.986. The highest BCUT2D eigenvalue weighted by atomic mass is 16.2. The molecule has 2 aliphatic carbocycles. The second kappa shape index (κ2) is 7.77. The zero-order valence-electron chi connectivity index (χ0n) is 17.5. The molecule has 0 bridgehead atoms. The molecule has 1 saturated heterocycles. The minimum absolute atomic E-state index is 0.00260. The van der Waals surface area contributed by atoms with Gasteiger partial charge in [-0.1, -0.05) is 50.1 Å². The Balaban J connectivity index is 2.19. The number of rotatable bonds is 2. The molecule has 3 aliphatic rings. The van der Waals surface area contributed by atoms with E-state index in [4.69, 9.17) is 0 Å². The molecule has 1 spiro atoms. The van der Waals surface area contributed by atoms with E-state index >= 15 is 0 Å². The molecule has 0 unspecified atom stereocenters. The normalized spacial score (nSPS) is 40.2. The highest BCUT2D eigenvalue weighted by Crippen LogP contribution is 2.55. The molecule has 3 nitrogen and oxygen atoms in total. The first-order valence-corrected chi connectivity index (χ1v) is 10.7. The van der Waals surface area contributed by atoms with E-state index in [0.717, 1.165) is 32.1 Å². The van der Waals surface area contributed by atoms with Crippen LogP contribution in [-0.2, 0) is 9.59 Å². The van der Waals surface area contributed by atoms with Crippen molar-refractivity contribution < 1.29 is 9.59 Å². The third-order valence-corrected chi connectivity index (χ3v) is 6.93. The first-order chi connectivity index (χ1) is 12.8. The average molecular weight is 370 g/mol. The molecule has 1 aliphatic heterocycles. The highest BCUT2D eigenvalue weighted by Gasteiger charge is 2.64. The van der Waals surface area contributed by atoms with Crippen LogP contribution in [0, 0.1) is 29.1 Å². The number of hydrogen-bond donors (Lipinski definition) is 1. The molecular weight excluding hydrogens is 334 g/mol. The first kappa shape index (κ1) is 20.1. The van der Waals surface area contributed by atoms with Gasteiger partial charge in [0.2, 0.25) is 5.91 Å². The maximum absolute atomic E-state index is 13.6. The van der Waals surface area contributed by atoms with Gasteiger partial charge in [0.05, 0.1) is 0 Å². The van der Waals surface area contributed by atoms with Gasteiger partial charge >= 0.3 is 0 Å². The van der Waals surface area contributed by atoms with Gasteiger partial charge < -0.3 is 5.32 Å². The summed E-state index contributed by atoms with van der Waals surface area (Å²) in [6.45, 7) is 10.9. The summed E-state index contributed by atoms with van der Waals surface area (Å²) in [5, 5.41) is 3.26. The molecule has 27 heavy (non-hydrogen) atoms. The van der Waals surface area contributed by atoms with Crippen LogP contribution in [0.15, 0.2) is 35.5 Å². The lowest BCUT2D eigenvalue weighted by Crippen LogP contribution is -2.51. The molecule has 3 heteroatoms. The van der Waals surface area contributed by atoms with E-state index in [0.29, 0.717) is 5.92 Å². The van der Waals surface area contributed by atoms with E-state index in [1.165, 1.54) is 11.1 Å². The first-order valence-electron chi connectivity index (χ1n) is 10.7. The van der Waals surface area contributed by atoms with Gasteiger partial charge in [-0.25, -0.2) is 0 Å². The molecule has 5 atom stereocenters. The average Bonchev–Trinajstić information content (AvgIpc) is 2.86. The fourth-order valence-corrected chi connectivity index (χ4v) is 5.53. The van der Waals surface area contributed by atoms with Crippen LogP contribution in [0.4, 0.5) is 0 Å². The van der Waals surface area contributed by atoms with Gasteiger partial charge in [0.25, 0.3) is 0 Å². The number of allylic oxidation sites excluding steroid dienone is 6. The Kier molecular flexibility index (Phi) is 5.79. The van der Waals surface area contributed by atoms with E-state index < -0.39 is 5.41 Å². The Hall–Kier alpha value is -1.64. The summed E-state index contributed by atoms with van der Waals surface area (Å²) in [5.41, 5.74) is 1.62. The second-order valence-corrected chi connectivity index (χ2v) is 9.35. The molecule has 1 amide bonds. The summed E-state index contributed by atoms with van der Waals surface area (Å²) in [7, 11) is 0. The molecule has 3 rings (SSSR count). The van der Waals surface area contributed by atoms with Gasteiger partial charge in [-0.15, -0.1) is 0 Å². The monoisotopic (exact) mass is 369 g/mol. The summed E-state index contributed by atoms with van der Waals surface area (Å²) in [4.78, 5) is 27.0. The van der Waals surface area contributed by atoms with Gasteiger partial charge in [-0.3, -0.25) is 9.59 Å². The summed E-state index contributed by atoms with van der Waals surface area (Å²) >= 11 is 0. The van der Waals surface area contributed by atoms with Crippen LogP contribution in [0.25, 0.3) is 0 Å². The number of amides is 1. The zero-order valence-corrected chi connectivity index (χ0v) is 17.5. The van der Waals surface area contributed by atoms with Crippen molar-refractivity contribution in [2.24, 2.45) is 29.1 Å². The van der Waals surface area contributed by atoms with E-state index in [9.17, 15) is 9.59 Å². The predicted molar refractivity (Wildman–Crippen MR) is 110 cm³/mol. The third-order valence-electron chi connectivity index (χ3n) is 6.93. The summed E-state index contributed by atoms with van der Waals surface area (Å²) in [6.07, 6.45) is 13.2. The molecule has 0 aromatic carbocycles. The molecule has 148 valence electrons. The highest BCUT2D eigenvalue weighted by molar-refractivity contribution is 6.13. The van der Waals surface area contributed by atoms with Gasteiger partial charge in [0.1, 0.15) is 5.41 Å². The number of carbonyl (C=O) groups excluding carboxylic acids is 2. The molecular formula is C24H35NO2. The lowest BCUT2D eigenvalue weighted by atomic mass is 9.55. The fraction of sp³-hybridized carbons (Fsp3) is 0.667. The van der Waals surface area contributed by atoms with Crippen LogP contribution in [-0.4, -0.2) is 17.7 Å². The van der Waals surface area contributed by atoms with Gasteiger partial charge in [-0.05, 0) is 63.9 Å². The van der Waals surface area contributed by atoms with Gasteiger partial charge in [-0.2, -0.15) is 0 Å². The van der Waals surface area contributed by atoms with Gasteiger partial charge in [0, 0.05) is 17.9 Å². The SMILES string of the molecule is CC1=C[C@@H]2/C=C(\C)CCCC/C=C/C(=O)[C@@]23C(=O)N[C@@H](CC(C)C)[C@@H]3[C@@H]1C. The fourth-order valence-electron chi connectivity index (χ4n) is 5.53. The molecule has 1 fully saturated rings. The quantitative estimate of drug-likeness (QED) is 0.550. The van der Waals surface area contributed by atoms with Crippen molar-refractivity contribution in [3.8, 4) is 0 Å². The van der Waals surface area contributed by atoms with Crippen molar-refractivity contribution in [3.63, 3.8) is 0 Å². The molecule has 0 aromatic heterocycles. The van der Waals surface area contributed by atoms with Crippen LogP contribution in [0.1, 0.15) is 66.7 Å². The van der Waals surface area contributed by atoms with Crippen LogP contribution >= 0.6 is 0 Å². The standard InChI is InChI=1S/C24H35NO2/c1-15(2)12-20-22-18(5)17(4)14-19-13-16(3)10-8-6-7-9-11-21(26)24(19,22)23(27)25-20/h9,11,13-15,18-20,22H,6-8,10,12H2,1-5H3,(H,25,27)/b11-9+,16-13+/t18-,19+,20+,22+,24+/m1/s1. The second-order valence-electron chi connectivity index (χ2n) is 9.35. The summed E-state index contributed by atoms with van der Waals surface area (Å²) < 4.78 is 0. The van der Waals surface area contributed by atoms with Crippen molar-refractivity contribution in [2.75, 3.05) is 0 Å². The third kappa shape index (κ3) is 3.46. The van der Waals surface area contributed by atoms with Crippen molar-refractivity contribution in [2.45, 2.75) is 72.8 Å².